The molecule has 2 rings (SSSR count). The van der Waals surface area contributed by atoms with E-state index in [0.717, 1.165) is 6.07 Å². The number of rotatable bonds is 3. The van der Waals surface area contributed by atoms with E-state index in [2.05, 4.69) is 10.3 Å². The third-order valence-electron chi connectivity index (χ3n) is 2.44. The van der Waals surface area contributed by atoms with E-state index >= 15 is 0 Å². The van der Waals surface area contributed by atoms with Crippen molar-refractivity contribution in [2.45, 2.75) is 0 Å². The van der Waals surface area contributed by atoms with E-state index in [4.69, 9.17) is 0 Å². The molecule has 8 nitrogen and oxygen atoms in total. The number of phenolic OH excluding ortho intramolecular Hbond substituents is 1. The van der Waals surface area contributed by atoms with Crippen molar-refractivity contribution in [2.24, 2.45) is 0 Å². The molecule has 0 aliphatic heterocycles. The Kier molecular flexibility index (Phi) is 3.47. The minimum absolute atomic E-state index is 0.0279. The van der Waals surface area contributed by atoms with Crippen molar-refractivity contribution in [1.82, 2.24) is 4.98 Å². The molecular weight excluding hydrogens is 266 g/mol. The van der Waals surface area contributed by atoms with Crippen molar-refractivity contribution in [1.29, 1.82) is 0 Å². The van der Waals surface area contributed by atoms with E-state index in [1.54, 1.807) is 0 Å². The number of carbonyl (C=O) groups excluding carboxylic acids is 1. The van der Waals surface area contributed by atoms with Crippen LogP contribution in [0.4, 0.5) is 11.4 Å². The molecule has 0 atom stereocenters. The smallest absolute Gasteiger partial charge is 0.296 e. The largest absolute Gasteiger partial charge is 0.508 e. The number of H-pyrrole nitrogens is 1. The van der Waals surface area contributed by atoms with Crippen LogP contribution in [-0.4, -0.2) is 20.9 Å². The van der Waals surface area contributed by atoms with E-state index in [9.17, 15) is 24.8 Å². The number of amides is 1. The Morgan fingerprint density at radius 3 is 2.70 bits per heavy atom. The van der Waals surface area contributed by atoms with Crippen molar-refractivity contribution in [3.63, 3.8) is 0 Å². The number of nitro benzene ring substituents is 1. The second kappa shape index (κ2) is 5.22. The monoisotopic (exact) mass is 275 g/mol. The molecule has 0 bridgehead atoms. The molecule has 2 aromatic rings. The number of phenols is 1. The van der Waals surface area contributed by atoms with Gasteiger partial charge in [0.2, 0.25) is 5.56 Å². The number of nitrogens with zero attached hydrogens (tertiary/aromatic N) is 1. The summed E-state index contributed by atoms with van der Waals surface area (Å²) in [4.78, 5) is 35.3. The number of aromatic hydroxyl groups is 1. The lowest BCUT2D eigenvalue weighted by molar-refractivity contribution is -0.384. The van der Waals surface area contributed by atoms with Crippen LogP contribution in [0.25, 0.3) is 0 Å². The zero-order valence-corrected chi connectivity index (χ0v) is 9.99. The fraction of sp³-hybridized carbons (Fsp3) is 0. The van der Waals surface area contributed by atoms with Crippen molar-refractivity contribution in [3.8, 4) is 5.75 Å². The molecule has 102 valence electrons. The van der Waals surface area contributed by atoms with Gasteiger partial charge in [0.1, 0.15) is 17.1 Å². The minimum Gasteiger partial charge on any atom is -0.508 e. The number of benzene rings is 1. The quantitative estimate of drug-likeness (QED) is 0.441. The molecule has 8 heteroatoms. The van der Waals surface area contributed by atoms with Crippen LogP contribution < -0.4 is 10.9 Å². The van der Waals surface area contributed by atoms with Crippen molar-refractivity contribution in [2.75, 3.05) is 5.32 Å². The maximum Gasteiger partial charge on any atom is 0.296 e. The topological polar surface area (TPSA) is 125 Å². The zero-order chi connectivity index (χ0) is 14.7. The molecule has 0 unspecified atom stereocenters. The summed E-state index contributed by atoms with van der Waals surface area (Å²) in [5.74, 6) is -0.987. The third kappa shape index (κ3) is 2.80. The maximum absolute atomic E-state index is 11.9. The molecule has 0 aliphatic rings. The number of anilines is 1. The highest BCUT2D eigenvalue weighted by Gasteiger charge is 2.17. The van der Waals surface area contributed by atoms with Gasteiger partial charge in [0.05, 0.1) is 11.0 Å². The molecule has 3 N–H and O–H groups in total. The predicted octanol–water partition coefficient (Wildman–Crippen LogP) is 1.24. The number of hydrogen-bond donors (Lipinski definition) is 3. The summed E-state index contributed by atoms with van der Waals surface area (Å²) in [6.45, 7) is 0. The first-order valence-corrected chi connectivity index (χ1v) is 5.45. The van der Waals surface area contributed by atoms with E-state index in [1.807, 2.05) is 0 Å². The number of aromatic nitrogens is 1. The fourth-order valence-electron chi connectivity index (χ4n) is 1.55. The molecule has 0 saturated heterocycles. The highest BCUT2D eigenvalue weighted by molar-refractivity contribution is 6.04. The van der Waals surface area contributed by atoms with Gasteiger partial charge in [0.25, 0.3) is 11.6 Å². The van der Waals surface area contributed by atoms with Crippen molar-refractivity contribution < 1.29 is 14.8 Å². The van der Waals surface area contributed by atoms with Crippen LogP contribution in [0.3, 0.4) is 0 Å². The number of nitro groups is 1. The second-order valence-corrected chi connectivity index (χ2v) is 3.84. The molecule has 0 saturated carbocycles. The van der Waals surface area contributed by atoms with Crippen LogP contribution >= 0.6 is 0 Å². The number of nitrogens with one attached hydrogen (secondary N) is 2. The molecule has 1 heterocycles. The Labute approximate surface area is 111 Å². The van der Waals surface area contributed by atoms with Crippen LogP contribution in [0.2, 0.25) is 0 Å². The van der Waals surface area contributed by atoms with Gasteiger partial charge in [0.15, 0.2) is 0 Å². The van der Waals surface area contributed by atoms with E-state index in [-0.39, 0.29) is 17.1 Å². The normalized spacial score (nSPS) is 10.0. The van der Waals surface area contributed by atoms with Crippen LogP contribution in [-0.2, 0) is 0 Å². The summed E-state index contributed by atoms with van der Waals surface area (Å²) in [5.41, 5.74) is -1.02. The van der Waals surface area contributed by atoms with Gasteiger partial charge in [-0.3, -0.25) is 19.7 Å². The Hall–Kier alpha value is -3.16. The molecule has 0 fully saturated rings. The number of pyridine rings is 1. The van der Waals surface area contributed by atoms with Crippen LogP contribution in [0, 0.1) is 10.1 Å². The molecule has 1 aromatic carbocycles. The molecule has 1 aromatic heterocycles. The first-order valence-electron chi connectivity index (χ1n) is 5.45. The highest BCUT2D eigenvalue weighted by Crippen LogP contribution is 2.28. The number of aromatic amines is 1. The average Bonchev–Trinajstić information content (AvgIpc) is 2.40. The predicted molar refractivity (Wildman–Crippen MR) is 69.8 cm³/mol. The summed E-state index contributed by atoms with van der Waals surface area (Å²) < 4.78 is 0. The first kappa shape index (κ1) is 13.3. The number of carbonyl (C=O) groups is 1. The molecule has 1 amide bonds. The van der Waals surface area contributed by atoms with Gasteiger partial charge in [0, 0.05) is 6.07 Å². The van der Waals surface area contributed by atoms with E-state index in [1.165, 1.54) is 30.3 Å². The van der Waals surface area contributed by atoms with Gasteiger partial charge in [-0.15, -0.1) is 0 Å². The van der Waals surface area contributed by atoms with Gasteiger partial charge in [-0.1, -0.05) is 6.07 Å². The first-order chi connectivity index (χ1) is 9.47. The van der Waals surface area contributed by atoms with Gasteiger partial charge >= 0.3 is 0 Å². The lowest BCUT2D eigenvalue weighted by atomic mass is 10.2. The zero-order valence-electron chi connectivity index (χ0n) is 9.99. The highest BCUT2D eigenvalue weighted by atomic mass is 16.6. The van der Waals surface area contributed by atoms with Gasteiger partial charge in [-0.25, -0.2) is 0 Å². The SMILES string of the molecule is O=C(Nc1ccc(O)cc1[N+](=O)[O-])c1cccc(=O)[nH]1. The Bertz CT molecular complexity index is 738. The lowest BCUT2D eigenvalue weighted by Gasteiger charge is -2.06. The van der Waals surface area contributed by atoms with Gasteiger partial charge < -0.3 is 15.4 Å². The molecular formula is C12H9N3O5. The summed E-state index contributed by atoms with van der Waals surface area (Å²) in [6.07, 6.45) is 0. The summed E-state index contributed by atoms with van der Waals surface area (Å²) >= 11 is 0. The molecule has 0 spiro atoms. The van der Waals surface area contributed by atoms with Crippen molar-refractivity contribution >= 4 is 17.3 Å². The summed E-state index contributed by atoms with van der Waals surface area (Å²) in [6, 6.07) is 7.31. The van der Waals surface area contributed by atoms with E-state index in [0.29, 0.717) is 0 Å². The molecule has 0 aliphatic carbocycles. The van der Waals surface area contributed by atoms with Crippen LogP contribution in [0.5, 0.6) is 5.75 Å². The Balaban J connectivity index is 2.33. The van der Waals surface area contributed by atoms with Gasteiger partial charge in [-0.2, -0.15) is 0 Å². The fourth-order valence-corrected chi connectivity index (χ4v) is 1.55. The third-order valence-corrected chi connectivity index (χ3v) is 2.44. The summed E-state index contributed by atoms with van der Waals surface area (Å²) in [5, 5.41) is 22.3. The minimum atomic E-state index is -0.733. The number of hydrogen-bond acceptors (Lipinski definition) is 5. The van der Waals surface area contributed by atoms with Gasteiger partial charge in [-0.05, 0) is 18.2 Å². The maximum atomic E-state index is 11.9. The lowest BCUT2D eigenvalue weighted by Crippen LogP contribution is -2.18. The second-order valence-electron chi connectivity index (χ2n) is 3.84. The Morgan fingerprint density at radius 1 is 1.30 bits per heavy atom. The molecule has 0 radical (unpaired) electrons. The van der Waals surface area contributed by atoms with E-state index < -0.39 is 22.1 Å². The average molecular weight is 275 g/mol. The summed E-state index contributed by atoms with van der Waals surface area (Å²) in [7, 11) is 0. The van der Waals surface area contributed by atoms with Crippen molar-refractivity contribution in [3.05, 3.63) is 62.6 Å². The van der Waals surface area contributed by atoms with Crippen LogP contribution in [0.1, 0.15) is 10.5 Å². The molecule has 20 heavy (non-hydrogen) atoms. The standard InChI is InChI=1S/C12H9N3O5/c16-7-4-5-8(10(6-7)15(19)20)14-12(18)9-2-1-3-11(17)13-9/h1-6,16H,(H,13,17)(H,14,18). The van der Waals surface area contributed by atoms with Crippen LogP contribution in [0.15, 0.2) is 41.2 Å². The Morgan fingerprint density at radius 2 is 2.05 bits per heavy atom.